The van der Waals surface area contributed by atoms with Gasteiger partial charge < -0.3 is 9.32 Å². The van der Waals surface area contributed by atoms with Crippen LogP contribution >= 0.6 is 12.2 Å². The van der Waals surface area contributed by atoms with Crippen LogP contribution in [0.3, 0.4) is 0 Å². The summed E-state index contributed by atoms with van der Waals surface area (Å²) in [6, 6.07) is 0. The van der Waals surface area contributed by atoms with Gasteiger partial charge >= 0.3 is 0 Å². The second kappa shape index (κ2) is 6.53. The number of aromatic nitrogens is 4. The highest BCUT2D eigenvalue weighted by Gasteiger charge is 2.19. The fraction of sp³-hybridized carbons (Fsp3) is 0.571. The highest BCUT2D eigenvalue weighted by Crippen LogP contribution is 2.14. The predicted molar refractivity (Wildman–Crippen MR) is 85.2 cm³/mol. The van der Waals surface area contributed by atoms with E-state index < -0.39 is 0 Å². The molecule has 2 aromatic heterocycles. The summed E-state index contributed by atoms with van der Waals surface area (Å²) in [6.45, 7) is 8.46. The molecule has 0 spiro atoms. The average Bonchev–Trinajstić information content (AvgIpc) is 2.90. The molecule has 1 aliphatic heterocycles. The van der Waals surface area contributed by atoms with Crippen LogP contribution in [0.25, 0.3) is 0 Å². The Morgan fingerprint density at radius 1 is 1.23 bits per heavy atom. The molecule has 0 radical (unpaired) electrons. The largest absolute Gasteiger partial charge is 0.414 e. The van der Waals surface area contributed by atoms with E-state index in [0.717, 1.165) is 32.0 Å². The van der Waals surface area contributed by atoms with Gasteiger partial charge in [-0.15, -0.1) is 5.10 Å². The van der Waals surface area contributed by atoms with Gasteiger partial charge in [0.15, 0.2) is 0 Å². The van der Waals surface area contributed by atoms with Crippen LogP contribution in [0.15, 0.2) is 23.0 Å². The molecular formula is C14H20N6OS. The summed E-state index contributed by atoms with van der Waals surface area (Å²) in [5.41, 5.74) is 0. The lowest BCUT2D eigenvalue weighted by Crippen LogP contribution is -2.47. The minimum atomic E-state index is 0.247. The fourth-order valence-electron chi connectivity index (χ4n) is 2.41. The Morgan fingerprint density at radius 2 is 2.00 bits per heavy atom. The maximum absolute atomic E-state index is 5.52. The van der Waals surface area contributed by atoms with Gasteiger partial charge in [-0.05, 0) is 12.2 Å². The molecule has 7 nitrogen and oxygen atoms in total. The highest BCUT2D eigenvalue weighted by molar-refractivity contribution is 7.71. The smallest absolute Gasteiger partial charge is 0.288 e. The van der Waals surface area contributed by atoms with Gasteiger partial charge in [0.25, 0.3) is 4.84 Å². The van der Waals surface area contributed by atoms with Gasteiger partial charge in [0.1, 0.15) is 5.82 Å². The predicted octanol–water partition coefficient (Wildman–Crippen LogP) is 1.90. The number of anilines is 1. The van der Waals surface area contributed by atoms with Crippen molar-refractivity contribution in [3.63, 3.8) is 0 Å². The Kier molecular flexibility index (Phi) is 4.49. The lowest BCUT2D eigenvalue weighted by Gasteiger charge is -2.34. The summed E-state index contributed by atoms with van der Waals surface area (Å²) < 4.78 is 7.29. The summed E-state index contributed by atoms with van der Waals surface area (Å²) in [6.07, 6.45) is 5.22. The van der Waals surface area contributed by atoms with Crippen molar-refractivity contribution in [3.8, 4) is 0 Å². The van der Waals surface area contributed by atoms with Crippen molar-refractivity contribution in [2.45, 2.75) is 26.4 Å². The highest BCUT2D eigenvalue weighted by atomic mass is 32.1. The molecule has 3 heterocycles. The lowest BCUT2D eigenvalue weighted by atomic mass is 10.2. The first kappa shape index (κ1) is 15.1. The van der Waals surface area contributed by atoms with E-state index >= 15 is 0 Å². The van der Waals surface area contributed by atoms with E-state index in [0.29, 0.717) is 17.4 Å². The zero-order chi connectivity index (χ0) is 15.5. The third kappa shape index (κ3) is 3.33. The molecule has 0 saturated carbocycles. The second-order valence-electron chi connectivity index (χ2n) is 5.67. The zero-order valence-electron chi connectivity index (χ0n) is 12.8. The molecule has 22 heavy (non-hydrogen) atoms. The SMILES string of the molecule is CC(C)c1nn(CN2CCN(c3cnccn3)CC2)c(=S)o1. The van der Waals surface area contributed by atoms with Gasteiger partial charge in [0, 0.05) is 44.5 Å². The molecule has 0 N–H and O–H groups in total. The van der Waals surface area contributed by atoms with E-state index in [1.165, 1.54) is 0 Å². The second-order valence-corrected chi connectivity index (χ2v) is 6.02. The Balaban J connectivity index is 1.59. The Morgan fingerprint density at radius 3 is 2.59 bits per heavy atom. The van der Waals surface area contributed by atoms with Crippen LogP contribution in [0, 0.1) is 4.84 Å². The Hall–Kier alpha value is -1.80. The van der Waals surface area contributed by atoms with Crippen LogP contribution in [-0.4, -0.2) is 50.8 Å². The summed E-state index contributed by atoms with van der Waals surface area (Å²) in [4.78, 5) is 13.5. The Bertz CT molecular complexity index is 659. The molecule has 1 saturated heterocycles. The monoisotopic (exact) mass is 320 g/mol. The first-order valence-electron chi connectivity index (χ1n) is 7.44. The molecule has 0 unspecified atom stereocenters. The summed E-state index contributed by atoms with van der Waals surface area (Å²) in [5, 5.41) is 4.45. The van der Waals surface area contributed by atoms with Crippen molar-refractivity contribution in [3.05, 3.63) is 29.3 Å². The lowest BCUT2D eigenvalue weighted by molar-refractivity contribution is 0.192. The molecule has 118 valence electrons. The van der Waals surface area contributed by atoms with Gasteiger partial charge in [0.2, 0.25) is 5.89 Å². The van der Waals surface area contributed by atoms with Crippen LogP contribution in [0.2, 0.25) is 0 Å². The molecule has 0 bridgehead atoms. The zero-order valence-corrected chi connectivity index (χ0v) is 13.7. The minimum absolute atomic E-state index is 0.247. The summed E-state index contributed by atoms with van der Waals surface area (Å²) in [5.74, 6) is 1.88. The number of nitrogens with zero attached hydrogens (tertiary/aromatic N) is 6. The van der Waals surface area contributed by atoms with Gasteiger partial charge in [-0.2, -0.15) is 0 Å². The molecule has 0 aromatic carbocycles. The molecule has 3 rings (SSSR count). The topological polar surface area (TPSA) is 63.2 Å². The maximum Gasteiger partial charge on any atom is 0.288 e. The molecular weight excluding hydrogens is 300 g/mol. The van der Waals surface area contributed by atoms with E-state index in [9.17, 15) is 0 Å². The van der Waals surface area contributed by atoms with Crippen LogP contribution in [0.5, 0.6) is 0 Å². The molecule has 0 atom stereocenters. The van der Waals surface area contributed by atoms with E-state index in [4.69, 9.17) is 16.6 Å². The Labute approximate surface area is 134 Å². The van der Waals surface area contributed by atoms with Crippen LogP contribution in [0.1, 0.15) is 25.7 Å². The standard InChI is InChI=1S/C14H20N6OS/c1-11(2)13-17-20(14(22)21-13)10-18-5-7-19(8-6-18)12-9-15-3-4-16-12/h3-4,9,11H,5-8,10H2,1-2H3. The first-order chi connectivity index (χ1) is 10.6. The number of rotatable bonds is 4. The van der Waals surface area contributed by atoms with E-state index in [2.05, 4.69) is 24.9 Å². The summed E-state index contributed by atoms with van der Waals surface area (Å²) in [7, 11) is 0. The van der Waals surface area contributed by atoms with Crippen LogP contribution in [0.4, 0.5) is 5.82 Å². The third-order valence-corrected chi connectivity index (χ3v) is 3.99. The maximum atomic E-state index is 5.52. The fourth-order valence-corrected chi connectivity index (χ4v) is 2.59. The van der Waals surface area contributed by atoms with Gasteiger partial charge in [-0.3, -0.25) is 9.88 Å². The van der Waals surface area contributed by atoms with Gasteiger partial charge in [0.05, 0.1) is 12.9 Å². The number of hydrogen-bond donors (Lipinski definition) is 0. The molecule has 2 aromatic rings. The third-order valence-electron chi connectivity index (χ3n) is 3.70. The van der Waals surface area contributed by atoms with Gasteiger partial charge in [-0.25, -0.2) is 9.67 Å². The van der Waals surface area contributed by atoms with E-state index in [-0.39, 0.29) is 5.92 Å². The van der Waals surface area contributed by atoms with E-state index in [1.54, 1.807) is 23.3 Å². The van der Waals surface area contributed by atoms with Crippen molar-refractivity contribution in [1.29, 1.82) is 0 Å². The van der Waals surface area contributed by atoms with Crippen molar-refractivity contribution in [2.75, 3.05) is 31.1 Å². The quantitative estimate of drug-likeness (QED) is 0.797. The minimum Gasteiger partial charge on any atom is -0.414 e. The van der Waals surface area contributed by atoms with Crippen molar-refractivity contribution in [1.82, 2.24) is 24.6 Å². The van der Waals surface area contributed by atoms with E-state index in [1.807, 2.05) is 13.8 Å². The molecule has 0 amide bonds. The average molecular weight is 320 g/mol. The van der Waals surface area contributed by atoms with Crippen molar-refractivity contribution in [2.24, 2.45) is 0 Å². The van der Waals surface area contributed by atoms with Crippen molar-refractivity contribution >= 4 is 18.0 Å². The van der Waals surface area contributed by atoms with Gasteiger partial charge in [-0.1, -0.05) is 13.8 Å². The normalized spacial score (nSPS) is 16.4. The summed E-state index contributed by atoms with van der Waals surface area (Å²) >= 11 is 5.24. The molecule has 1 fully saturated rings. The molecule has 0 aliphatic carbocycles. The molecule has 1 aliphatic rings. The van der Waals surface area contributed by atoms with Crippen LogP contribution in [-0.2, 0) is 6.67 Å². The van der Waals surface area contributed by atoms with Crippen molar-refractivity contribution < 1.29 is 4.42 Å². The number of hydrogen-bond acceptors (Lipinski definition) is 7. The first-order valence-corrected chi connectivity index (χ1v) is 7.85. The molecule has 8 heteroatoms. The number of piperazine rings is 1. The van der Waals surface area contributed by atoms with Crippen LogP contribution < -0.4 is 4.90 Å².